The molecule has 2 aliphatic heterocycles. The average Bonchev–Trinajstić information content (AvgIpc) is 3.58. The number of hydrogen-bond donors (Lipinski definition) is 1. The van der Waals surface area contributed by atoms with E-state index in [0.717, 1.165) is 33.8 Å². The molecule has 1 N–H and O–H groups in total. The first kappa shape index (κ1) is 22.9. The molecule has 0 spiro atoms. The highest BCUT2D eigenvalue weighted by molar-refractivity contribution is 8.18. The number of aromatic nitrogens is 1. The second kappa shape index (κ2) is 9.51. The van der Waals surface area contributed by atoms with Crippen molar-refractivity contribution in [3.8, 4) is 11.5 Å². The minimum absolute atomic E-state index is 0.0677. The molecular weight excluding hydrogens is 490 g/mol. The number of para-hydroxylation sites is 1. The predicted octanol–water partition coefficient (Wildman–Crippen LogP) is 5.25. The molecule has 1 fully saturated rings. The second-order valence-electron chi connectivity index (χ2n) is 8.60. The van der Waals surface area contributed by atoms with Crippen LogP contribution < -0.4 is 14.8 Å². The smallest absolute Gasteiger partial charge is 0.293 e. The third-order valence-electron chi connectivity index (χ3n) is 6.13. The van der Waals surface area contributed by atoms with Gasteiger partial charge < -0.3 is 19.4 Å². The van der Waals surface area contributed by atoms with Gasteiger partial charge in [-0.1, -0.05) is 48.5 Å². The van der Waals surface area contributed by atoms with Gasteiger partial charge in [-0.3, -0.25) is 19.3 Å². The number of thioether (sulfide) groups is 1. The highest BCUT2D eigenvalue weighted by Crippen LogP contribution is 2.36. The van der Waals surface area contributed by atoms with Gasteiger partial charge in [0.25, 0.3) is 11.1 Å². The van der Waals surface area contributed by atoms with Gasteiger partial charge in [-0.2, -0.15) is 0 Å². The Kier molecular flexibility index (Phi) is 5.90. The van der Waals surface area contributed by atoms with Crippen molar-refractivity contribution < 1.29 is 23.9 Å². The van der Waals surface area contributed by atoms with Crippen LogP contribution in [-0.2, 0) is 22.7 Å². The van der Waals surface area contributed by atoms with Crippen LogP contribution in [0.1, 0.15) is 11.1 Å². The number of carbonyl (C=O) groups excluding carboxylic acids is 3. The summed E-state index contributed by atoms with van der Waals surface area (Å²) in [6.07, 6.45) is 3.56. The minimum Gasteiger partial charge on any atom is -0.454 e. The molecule has 2 aliphatic rings. The summed E-state index contributed by atoms with van der Waals surface area (Å²) in [5, 5.41) is 3.47. The number of benzene rings is 3. The Balaban J connectivity index is 1.23. The fourth-order valence-electron chi connectivity index (χ4n) is 4.39. The van der Waals surface area contributed by atoms with Crippen molar-refractivity contribution in [1.82, 2.24) is 9.47 Å². The Bertz CT molecular complexity index is 1580. The summed E-state index contributed by atoms with van der Waals surface area (Å²) in [7, 11) is 0. The lowest BCUT2D eigenvalue weighted by Crippen LogP contribution is -2.27. The first-order chi connectivity index (χ1) is 18.0. The van der Waals surface area contributed by atoms with E-state index < -0.39 is 0 Å². The van der Waals surface area contributed by atoms with Crippen molar-refractivity contribution in [2.45, 2.75) is 13.1 Å². The molecule has 3 heterocycles. The normalized spacial score (nSPS) is 15.7. The molecule has 0 saturated carbocycles. The van der Waals surface area contributed by atoms with Crippen molar-refractivity contribution >= 4 is 51.5 Å². The van der Waals surface area contributed by atoms with Gasteiger partial charge in [-0.15, -0.1) is 0 Å². The van der Waals surface area contributed by atoms with E-state index in [1.54, 1.807) is 24.3 Å². The summed E-state index contributed by atoms with van der Waals surface area (Å²) in [4.78, 5) is 40.1. The highest BCUT2D eigenvalue weighted by atomic mass is 32.2. The SMILES string of the molecule is O=C(Cn1cc(/C=C2\SC(=O)N(Cc3ccccc3)C2=O)c2ccccc21)Nc1ccc2c(c1)OCO2. The van der Waals surface area contributed by atoms with Crippen LogP contribution in [0.3, 0.4) is 0 Å². The number of nitrogens with one attached hydrogen (secondary N) is 1. The van der Waals surface area contributed by atoms with Gasteiger partial charge >= 0.3 is 0 Å². The Morgan fingerprint density at radius 1 is 0.973 bits per heavy atom. The molecule has 3 aromatic carbocycles. The number of fused-ring (bicyclic) bond motifs is 2. The van der Waals surface area contributed by atoms with Crippen LogP contribution in [0.5, 0.6) is 11.5 Å². The molecule has 184 valence electrons. The number of carbonyl (C=O) groups is 3. The number of rotatable bonds is 6. The number of nitrogens with zero attached hydrogens (tertiary/aromatic N) is 2. The molecule has 37 heavy (non-hydrogen) atoms. The van der Waals surface area contributed by atoms with Gasteiger partial charge in [0, 0.05) is 34.4 Å². The third kappa shape index (κ3) is 4.56. The van der Waals surface area contributed by atoms with Crippen molar-refractivity contribution in [3.63, 3.8) is 0 Å². The van der Waals surface area contributed by atoms with E-state index >= 15 is 0 Å². The topological polar surface area (TPSA) is 89.9 Å². The molecular formula is C28H21N3O5S. The second-order valence-corrected chi connectivity index (χ2v) is 9.59. The summed E-state index contributed by atoms with van der Waals surface area (Å²) in [6, 6.07) is 22.3. The number of imide groups is 1. The van der Waals surface area contributed by atoms with Gasteiger partial charge in [-0.25, -0.2) is 0 Å². The van der Waals surface area contributed by atoms with Crippen LogP contribution in [0.2, 0.25) is 0 Å². The first-order valence-electron chi connectivity index (χ1n) is 11.6. The van der Waals surface area contributed by atoms with Crippen LogP contribution in [0.4, 0.5) is 10.5 Å². The zero-order chi connectivity index (χ0) is 25.4. The molecule has 0 aliphatic carbocycles. The summed E-state index contributed by atoms with van der Waals surface area (Å²) in [5.41, 5.74) is 3.10. The van der Waals surface area contributed by atoms with Gasteiger partial charge in [0.05, 0.1) is 11.4 Å². The Labute approximate surface area is 216 Å². The molecule has 9 heteroatoms. The zero-order valence-electron chi connectivity index (χ0n) is 19.5. The fourth-order valence-corrected chi connectivity index (χ4v) is 5.22. The van der Waals surface area contributed by atoms with Crippen LogP contribution in [0.15, 0.2) is 83.9 Å². The Morgan fingerprint density at radius 3 is 2.62 bits per heavy atom. The first-order valence-corrected chi connectivity index (χ1v) is 12.4. The lowest BCUT2D eigenvalue weighted by Gasteiger charge is -2.12. The number of anilines is 1. The average molecular weight is 512 g/mol. The molecule has 0 bridgehead atoms. The van der Waals surface area contributed by atoms with Gasteiger partial charge in [0.15, 0.2) is 11.5 Å². The molecule has 3 amide bonds. The van der Waals surface area contributed by atoms with Crippen molar-refractivity contribution in [3.05, 3.63) is 95.0 Å². The van der Waals surface area contributed by atoms with E-state index in [-0.39, 0.29) is 36.9 Å². The van der Waals surface area contributed by atoms with Crippen molar-refractivity contribution in [2.24, 2.45) is 0 Å². The largest absolute Gasteiger partial charge is 0.454 e. The molecule has 8 nitrogen and oxygen atoms in total. The third-order valence-corrected chi connectivity index (χ3v) is 7.04. The summed E-state index contributed by atoms with van der Waals surface area (Å²) in [5.74, 6) is 0.700. The lowest BCUT2D eigenvalue weighted by molar-refractivity contribution is -0.123. The van der Waals surface area contributed by atoms with Gasteiger partial charge in [0.2, 0.25) is 12.7 Å². The van der Waals surface area contributed by atoms with Crippen molar-refractivity contribution in [1.29, 1.82) is 0 Å². The molecule has 1 aromatic heterocycles. The van der Waals surface area contributed by atoms with Crippen molar-refractivity contribution in [2.75, 3.05) is 12.1 Å². The zero-order valence-corrected chi connectivity index (χ0v) is 20.4. The lowest BCUT2D eigenvalue weighted by atomic mass is 10.1. The minimum atomic E-state index is -0.323. The van der Waals surface area contributed by atoms with E-state index in [0.29, 0.717) is 22.1 Å². The number of hydrogen-bond acceptors (Lipinski definition) is 6. The van der Waals surface area contributed by atoms with Gasteiger partial charge in [-0.05, 0) is 41.6 Å². The maximum absolute atomic E-state index is 13.1. The summed E-state index contributed by atoms with van der Waals surface area (Å²) >= 11 is 0.927. The predicted molar refractivity (Wildman–Crippen MR) is 141 cm³/mol. The van der Waals surface area contributed by atoms with Gasteiger partial charge in [0.1, 0.15) is 6.54 Å². The number of amides is 3. The summed E-state index contributed by atoms with van der Waals surface area (Å²) in [6.45, 7) is 0.458. The molecule has 0 radical (unpaired) electrons. The maximum atomic E-state index is 13.1. The van der Waals surface area contributed by atoms with E-state index in [4.69, 9.17) is 9.47 Å². The molecule has 0 unspecified atom stereocenters. The van der Waals surface area contributed by atoms with E-state index in [1.165, 1.54) is 4.90 Å². The highest BCUT2D eigenvalue weighted by Gasteiger charge is 2.35. The Morgan fingerprint density at radius 2 is 1.76 bits per heavy atom. The molecule has 1 saturated heterocycles. The van der Waals surface area contributed by atoms with Crippen LogP contribution in [-0.4, -0.2) is 33.3 Å². The van der Waals surface area contributed by atoms with Crippen LogP contribution in [0, 0.1) is 0 Å². The summed E-state index contributed by atoms with van der Waals surface area (Å²) < 4.78 is 12.5. The quantitative estimate of drug-likeness (QED) is 0.356. The number of ether oxygens (including phenoxy) is 2. The Hall–Kier alpha value is -4.50. The standard InChI is InChI=1S/C28H21N3O5S/c32-26(29-20-10-11-23-24(13-20)36-17-35-23)16-30-15-19(21-8-4-5-9-22(21)30)12-25-27(33)31(28(34)37-25)14-18-6-2-1-3-7-18/h1-13,15H,14,16-17H2,(H,29,32)/b25-12-. The van der Waals surface area contributed by atoms with E-state index in [2.05, 4.69) is 5.32 Å². The van der Waals surface area contributed by atoms with Crippen LogP contribution >= 0.6 is 11.8 Å². The fraction of sp³-hybridized carbons (Fsp3) is 0.107. The van der Waals surface area contributed by atoms with E-state index in [1.807, 2.05) is 65.4 Å². The molecule has 4 aromatic rings. The monoisotopic (exact) mass is 511 g/mol. The molecule has 0 atom stereocenters. The maximum Gasteiger partial charge on any atom is 0.293 e. The molecule has 6 rings (SSSR count). The van der Waals surface area contributed by atoms with Crippen LogP contribution in [0.25, 0.3) is 17.0 Å². The van der Waals surface area contributed by atoms with E-state index in [9.17, 15) is 14.4 Å².